The Morgan fingerprint density at radius 1 is 0.500 bits per heavy atom. The van der Waals surface area contributed by atoms with Gasteiger partial charge in [-0.3, -0.25) is 0 Å². The highest BCUT2D eigenvalue weighted by atomic mass is 35.6. The average Bonchev–Trinajstić information content (AvgIpc) is 3.36. The molecule has 2 amide bonds. The molecular formula is C55H100Cl3N7O7. The fourth-order valence-corrected chi connectivity index (χ4v) is 16.4. The summed E-state index contributed by atoms with van der Waals surface area (Å²) in [6, 6.07) is 0.496. The van der Waals surface area contributed by atoms with Crippen LogP contribution < -0.4 is 16.4 Å². The lowest BCUT2D eigenvalue weighted by Crippen LogP contribution is -2.70. The van der Waals surface area contributed by atoms with Crippen LogP contribution in [0.15, 0.2) is 0 Å². The number of alkyl halides is 3. The van der Waals surface area contributed by atoms with Crippen molar-refractivity contribution < 1.29 is 34.7 Å². The van der Waals surface area contributed by atoms with Crippen molar-refractivity contribution in [2.24, 2.45) is 5.73 Å². The Balaban J connectivity index is 0.000000204. The number of hydrogen-bond donors (Lipinski definition) is 6. The summed E-state index contributed by atoms with van der Waals surface area (Å²) in [5, 5.41) is 46.7. The number of nitrogens with zero attached hydrogens (tertiary/aromatic N) is 4. The Morgan fingerprint density at radius 3 is 0.917 bits per heavy atom. The van der Waals surface area contributed by atoms with Gasteiger partial charge in [-0.25, -0.2) is 9.59 Å². The summed E-state index contributed by atoms with van der Waals surface area (Å²) in [6.45, 7) is 10.1. The number of methoxy groups -OCH3 is 1. The predicted molar refractivity (Wildman–Crippen MR) is 288 cm³/mol. The number of ether oxygens (including phenoxy) is 2. The van der Waals surface area contributed by atoms with Crippen LogP contribution >= 0.6 is 34.8 Å². The van der Waals surface area contributed by atoms with Gasteiger partial charge < -0.3 is 46.4 Å². The Bertz CT molecular complexity index is 1480. The minimum atomic E-state index is -2.03. The van der Waals surface area contributed by atoms with Crippen LogP contribution in [0.2, 0.25) is 0 Å². The van der Waals surface area contributed by atoms with Crippen molar-refractivity contribution in [2.45, 2.75) is 307 Å². The Morgan fingerprint density at radius 2 is 0.736 bits per heavy atom. The predicted octanol–water partition coefficient (Wildman–Crippen LogP) is 13.5. The molecule has 9 aliphatic rings. The monoisotopic (exact) mass is 1080 g/mol. The van der Waals surface area contributed by atoms with E-state index in [1.807, 2.05) is 15.2 Å². The number of halogens is 3. The molecule has 0 unspecified atom stereocenters. The van der Waals surface area contributed by atoms with Gasteiger partial charge in [0.25, 0.3) is 0 Å². The third kappa shape index (κ3) is 15.0. The van der Waals surface area contributed by atoms with Gasteiger partial charge in [-0.1, -0.05) is 136 Å². The Kier molecular flexibility index (Phi) is 22.7. The van der Waals surface area contributed by atoms with E-state index in [0.29, 0.717) is 6.04 Å². The summed E-state index contributed by atoms with van der Waals surface area (Å²) in [4.78, 5) is 26.2. The van der Waals surface area contributed by atoms with E-state index in [1.54, 1.807) is 0 Å². The van der Waals surface area contributed by atoms with Crippen LogP contribution in [0.4, 0.5) is 9.59 Å². The summed E-state index contributed by atoms with van der Waals surface area (Å²) in [7, 11) is 1.11. The van der Waals surface area contributed by atoms with E-state index in [1.165, 1.54) is 135 Å². The third-order valence-corrected chi connectivity index (χ3v) is 19.8. The normalized spacial score (nSPS) is 29.8. The molecule has 9 rings (SSSR count). The zero-order chi connectivity index (χ0) is 52.1. The summed E-state index contributed by atoms with van der Waals surface area (Å²) in [5.74, 6) is 0. The van der Waals surface area contributed by atoms with Crippen molar-refractivity contribution in [3.8, 4) is 0 Å². The summed E-state index contributed by atoms with van der Waals surface area (Å²) < 4.78 is 6.00. The van der Waals surface area contributed by atoms with Gasteiger partial charge in [0.15, 0.2) is 0 Å². The van der Waals surface area contributed by atoms with Gasteiger partial charge in [0.05, 0.1) is 7.11 Å². The number of nitrogens with one attached hydrogen (secondary N) is 2. The van der Waals surface area contributed by atoms with E-state index in [-0.39, 0.29) is 51.3 Å². The summed E-state index contributed by atoms with van der Waals surface area (Å²) in [5.41, 5.74) is 5.72. The first-order chi connectivity index (χ1) is 34.4. The lowest BCUT2D eigenvalue weighted by Gasteiger charge is -2.60. The van der Waals surface area contributed by atoms with Crippen molar-refractivity contribution in [2.75, 3.05) is 26.7 Å². The molecule has 3 aliphatic heterocycles. The molecule has 9 fully saturated rings. The van der Waals surface area contributed by atoms with E-state index in [4.69, 9.17) is 40.5 Å². The molecule has 0 aromatic heterocycles. The molecule has 3 saturated heterocycles. The fraction of sp³-hybridized carbons (Fsp3) is 0.964. The van der Waals surface area contributed by atoms with Gasteiger partial charge >= 0.3 is 16.2 Å². The number of piperidine rings is 3. The lowest BCUT2D eigenvalue weighted by atomic mass is 9.65. The maximum Gasteiger partial charge on any atom is 0.511 e. The number of nitrogens with two attached hydrogens (primary N) is 1. The zero-order valence-corrected chi connectivity index (χ0v) is 47.6. The molecule has 0 aromatic carbocycles. The first-order valence-electron chi connectivity index (χ1n) is 29.2. The van der Waals surface area contributed by atoms with Crippen LogP contribution in [0.3, 0.4) is 0 Å². The van der Waals surface area contributed by atoms with E-state index < -0.39 is 10.1 Å². The molecule has 0 aromatic rings. The molecule has 17 heteroatoms. The number of rotatable bonds is 5. The van der Waals surface area contributed by atoms with E-state index in [9.17, 15) is 25.2 Å². The topological polar surface area (TPSA) is 176 Å². The Labute approximate surface area is 450 Å². The molecule has 6 saturated carbocycles. The molecule has 3 heterocycles. The molecule has 0 bridgehead atoms. The molecule has 0 radical (unpaired) electrons. The van der Waals surface area contributed by atoms with Crippen LogP contribution in [-0.2, 0) is 9.47 Å². The third-order valence-electron chi connectivity index (χ3n) is 19.6. The highest BCUT2D eigenvalue weighted by molar-refractivity contribution is 6.66. The van der Waals surface area contributed by atoms with Crippen molar-refractivity contribution in [3.05, 3.63) is 0 Å². The minimum Gasteiger partial charge on any atom is -0.438 e. The van der Waals surface area contributed by atoms with Gasteiger partial charge in [-0.05, 0) is 170 Å². The Hall–Kier alpha value is -0.910. The van der Waals surface area contributed by atoms with Gasteiger partial charge in [0.1, 0.15) is 0 Å². The number of hydrogen-bond acceptors (Lipinski definition) is 12. The fourth-order valence-electron chi connectivity index (χ4n) is 16.2. The molecule has 6 spiro atoms. The van der Waals surface area contributed by atoms with Crippen molar-refractivity contribution in [1.29, 1.82) is 0 Å². The van der Waals surface area contributed by atoms with Crippen LogP contribution in [0, 0.1) is 0 Å². The molecule has 72 heavy (non-hydrogen) atoms. The summed E-state index contributed by atoms with van der Waals surface area (Å²) in [6.07, 6.45) is 39.6. The maximum atomic E-state index is 13.7. The van der Waals surface area contributed by atoms with Gasteiger partial charge in [0.2, 0.25) is 0 Å². The number of carbonyl (C=O) groups is 2. The first kappa shape index (κ1) is 60.3. The SMILES string of the molecule is CCN(CC)CC.COC(=O)OC(Cl)(Cl)Cl.NC1CC2(CCCCC2)N(O)C2(CCCCC2)C1.O=C(NC1CC2(CCCCC2)N(O)C2(CCCCC2)C1)NC1CC2(CCCCC2)N(O)C2(CCCCC2)C1. The van der Waals surface area contributed by atoms with Crippen LogP contribution in [0.5, 0.6) is 0 Å². The molecule has 418 valence electrons. The smallest absolute Gasteiger partial charge is 0.438 e. The van der Waals surface area contributed by atoms with Crippen molar-refractivity contribution >= 4 is 47.0 Å². The number of carbonyl (C=O) groups excluding carboxylic acids is 2. The van der Waals surface area contributed by atoms with Crippen LogP contribution in [-0.4, -0.2) is 130 Å². The lowest BCUT2D eigenvalue weighted by molar-refractivity contribution is -0.281. The van der Waals surface area contributed by atoms with E-state index in [0.717, 1.165) is 123 Å². The molecule has 14 nitrogen and oxygen atoms in total. The molecule has 0 atom stereocenters. The van der Waals surface area contributed by atoms with E-state index in [2.05, 4.69) is 45.8 Å². The molecule has 7 N–H and O–H groups in total. The van der Waals surface area contributed by atoms with Crippen LogP contribution in [0.25, 0.3) is 0 Å². The highest BCUT2D eigenvalue weighted by Gasteiger charge is 2.57. The van der Waals surface area contributed by atoms with Gasteiger partial charge in [-0.15, -0.1) is 0 Å². The quantitative estimate of drug-likeness (QED) is 0.114. The van der Waals surface area contributed by atoms with Gasteiger partial charge in [-0.2, -0.15) is 15.2 Å². The standard InChI is InChI=1S/C31H54N4O3.C15H28N2O.C6H15N.C3H3Cl3O3/c36-27(32-25-21-28(13-5-1-6-14-28)34(37)29(22-25)15-7-2-8-16-29)33-26-23-30(17-9-3-10-18-30)35(38)31(24-26)19-11-4-12-20-31;16-13-11-14(7-3-1-4-8-14)17(18)15(12-13)9-5-2-6-10-15;1-4-7(5-2)6-3;1-8-2(7)9-3(4,5)6/h25-26,37-38H,1-24H2,(H2,32,33,36);13,18H,1-12,16H2;4-6H2,1-3H3;1H3. The summed E-state index contributed by atoms with van der Waals surface area (Å²) >= 11 is 15.0. The first-order valence-corrected chi connectivity index (χ1v) is 30.4. The van der Waals surface area contributed by atoms with Crippen molar-refractivity contribution in [3.63, 3.8) is 0 Å². The largest absolute Gasteiger partial charge is 0.511 e. The molecule has 6 aliphatic carbocycles. The number of urea groups is 1. The number of amides is 2. The molecular weight excluding hydrogens is 977 g/mol. The zero-order valence-electron chi connectivity index (χ0n) is 45.3. The van der Waals surface area contributed by atoms with Gasteiger partial charge in [0, 0.05) is 51.4 Å². The second kappa shape index (κ2) is 27.1. The minimum absolute atomic E-state index is 0.0211. The highest BCUT2D eigenvalue weighted by Crippen LogP contribution is 2.53. The second-order valence-electron chi connectivity index (χ2n) is 24.3. The second-order valence-corrected chi connectivity index (χ2v) is 26.4. The average molecular weight is 1080 g/mol. The van der Waals surface area contributed by atoms with Crippen LogP contribution in [0.1, 0.15) is 252 Å². The number of hydroxylamine groups is 6. The van der Waals surface area contributed by atoms with E-state index >= 15 is 0 Å². The van der Waals surface area contributed by atoms with Crippen molar-refractivity contribution in [1.82, 2.24) is 30.7 Å². The maximum absolute atomic E-state index is 13.7.